The number of benzene rings is 1. The molecule has 3 aliphatic rings. The second-order valence-electron chi connectivity index (χ2n) is 8.75. The molecule has 4 N–H and O–H groups in total. The van der Waals surface area contributed by atoms with Gasteiger partial charge in [0.2, 0.25) is 5.91 Å². The van der Waals surface area contributed by atoms with E-state index in [0.717, 1.165) is 12.1 Å². The molecule has 10 heteroatoms. The maximum absolute atomic E-state index is 13.8. The van der Waals surface area contributed by atoms with Gasteiger partial charge < -0.3 is 15.9 Å². The van der Waals surface area contributed by atoms with Gasteiger partial charge in [-0.1, -0.05) is 0 Å². The molecule has 6 atom stereocenters. The average Bonchev–Trinajstić information content (AvgIpc) is 2.63. The smallest absolute Gasteiger partial charge is 0.235 e. The lowest BCUT2D eigenvalue weighted by Crippen LogP contribution is -2.74. The average molecular weight is 432 g/mol. The van der Waals surface area contributed by atoms with Crippen molar-refractivity contribution in [1.82, 2.24) is 4.90 Å². The molecule has 0 saturated heterocycles. The highest BCUT2D eigenvalue weighted by molar-refractivity contribution is 6.32. The van der Waals surface area contributed by atoms with Crippen molar-refractivity contribution in [2.45, 2.75) is 24.5 Å². The first-order valence-electron chi connectivity index (χ1n) is 9.77. The molecule has 0 spiro atoms. The summed E-state index contributed by atoms with van der Waals surface area (Å²) in [7, 11) is 3.00. The molecule has 2 saturated carbocycles. The van der Waals surface area contributed by atoms with Crippen molar-refractivity contribution in [3.05, 3.63) is 29.1 Å². The van der Waals surface area contributed by atoms with Gasteiger partial charge >= 0.3 is 0 Å². The SMILES string of the molecule is CN(C)[C@@H]1C(=O)C(C(N)=O)C(=O)[C@@]2(O)C(=O)C3C(=O)c4c(O)cc(F)cc4C[C@H]3C[C@@H]12. The number of ketones is 4. The number of likely N-dealkylation sites (N-methyl/N-ethyl adjacent to an activating group) is 1. The third-order valence-corrected chi connectivity index (χ3v) is 6.83. The third kappa shape index (κ3) is 2.71. The van der Waals surface area contributed by atoms with E-state index in [-0.39, 0.29) is 24.0 Å². The Kier molecular flexibility index (Phi) is 4.64. The van der Waals surface area contributed by atoms with Gasteiger partial charge in [0, 0.05) is 12.0 Å². The zero-order valence-corrected chi connectivity index (χ0v) is 16.8. The molecule has 31 heavy (non-hydrogen) atoms. The molecule has 1 aromatic rings. The maximum Gasteiger partial charge on any atom is 0.235 e. The van der Waals surface area contributed by atoms with Crippen molar-refractivity contribution in [3.63, 3.8) is 0 Å². The Morgan fingerprint density at radius 1 is 1.19 bits per heavy atom. The van der Waals surface area contributed by atoms with Crippen LogP contribution in [0.25, 0.3) is 0 Å². The number of nitrogens with two attached hydrogens (primary N) is 1. The van der Waals surface area contributed by atoms with Crippen LogP contribution in [0.4, 0.5) is 4.39 Å². The number of Topliss-reactive ketones (excluding diaryl/α,β-unsaturated/α-hetero) is 4. The Labute approximate surface area is 176 Å². The number of primary amides is 1. The van der Waals surface area contributed by atoms with Crippen molar-refractivity contribution in [1.29, 1.82) is 0 Å². The molecule has 3 aliphatic carbocycles. The van der Waals surface area contributed by atoms with E-state index in [4.69, 9.17) is 5.73 Å². The van der Waals surface area contributed by atoms with Gasteiger partial charge in [0.25, 0.3) is 0 Å². The van der Waals surface area contributed by atoms with Gasteiger partial charge in [-0.2, -0.15) is 0 Å². The van der Waals surface area contributed by atoms with Gasteiger partial charge in [0.05, 0.1) is 17.5 Å². The number of nitrogens with zero attached hydrogens (tertiary/aromatic N) is 1. The van der Waals surface area contributed by atoms with Crippen molar-refractivity contribution in [2.75, 3.05) is 14.1 Å². The number of aromatic hydroxyl groups is 1. The molecule has 4 rings (SSSR count). The second-order valence-corrected chi connectivity index (χ2v) is 8.75. The van der Waals surface area contributed by atoms with Crippen molar-refractivity contribution < 1.29 is 38.6 Å². The van der Waals surface area contributed by atoms with Crippen LogP contribution in [-0.4, -0.2) is 69.9 Å². The van der Waals surface area contributed by atoms with Crippen LogP contribution in [0.1, 0.15) is 22.3 Å². The maximum atomic E-state index is 13.8. The number of fused-ring (bicyclic) bond motifs is 3. The summed E-state index contributed by atoms with van der Waals surface area (Å²) in [5.41, 5.74) is 2.46. The topological polar surface area (TPSA) is 155 Å². The van der Waals surface area contributed by atoms with Crippen LogP contribution in [0.3, 0.4) is 0 Å². The van der Waals surface area contributed by atoms with Crippen LogP contribution in [0.5, 0.6) is 5.75 Å². The molecule has 1 amide bonds. The predicted molar refractivity (Wildman–Crippen MR) is 101 cm³/mol. The van der Waals surface area contributed by atoms with Gasteiger partial charge in [-0.25, -0.2) is 4.39 Å². The van der Waals surface area contributed by atoms with Crippen LogP contribution in [-0.2, 0) is 25.6 Å². The zero-order chi connectivity index (χ0) is 23.0. The van der Waals surface area contributed by atoms with Gasteiger partial charge in [-0.3, -0.25) is 28.9 Å². The third-order valence-electron chi connectivity index (χ3n) is 6.83. The van der Waals surface area contributed by atoms with E-state index in [1.54, 1.807) is 0 Å². The number of carbonyl (C=O) groups is 5. The number of phenolic OH excluding ortho intramolecular Hbond substituents is 1. The Morgan fingerprint density at radius 2 is 1.84 bits per heavy atom. The fourth-order valence-corrected chi connectivity index (χ4v) is 5.60. The summed E-state index contributed by atoms with van der Waals surface area (Å²) in [5.74, 6) is -12.2. The summed E-state index contributed by atoms with van der Waals surface area (Å²) in [6, 6.07) is 0.679. The minimum absolute atomic E-state index is 0.0388. The summed E-state index contributed by atoms with van der Waals surface area (Å²) in [6.07, 6.45) is -0.0294. The highest BCUT2D eigenvalue weighted by atomic mass is 19.1. The molecule has 2 unspecified atom stereocenters. The molecule has 0 bridgehead atoms. The first-order chi connectivity index (χ1) is 14.4. The molecule has 164 valence electrons. The molecule has 1 aromatic carbocycles. The fraction of sp³-hybridized carbons (Fsp3) is 0.476. The molecule has 0 radical (unpaired) electrons. The summed E-state index contributed by atoms with van der Waals surface area (Å²) in [5, 5.41) is 21.4. The lowest BCUT2D eigenvalue weighted by atomic mass is 9.52. The number of hydrogen-bond donors (Lipinski definition) is 3. The van der Waals surface area contributed by atoms with Crippen molar-refractivity contribution in [3.8, 4) is 5.75 Å². The van der Waals surface area contributed by atoms with Crippen LogP contribution < -0.4 is 5.73 Å². The molecular formula is C21H21FN2O7. The van der Waals surface area contributed by atoms with Gasteiger partial charge in [-0.15, -0.1) is 0 Å². The zero-order valence-electron chi connectivity index (χ0n) is 16.8. The molecule has 0 heterocycles. The number of phenols is 1. The van der Waals surface area contributed by atoms with E-state index in [2.05, 4.69) is 0 Å². The largest absolute Gasteiger partial charge is 0.507 e. The fourth-order valence-electron chi connectivity index (χ4n) is 5.60. The number of carbonyl (C=O) groups excluding carboxylic acids is 5. The van der Waals surface area contributed by atoms with Gasteiger partial charge in [0.15, 0.2) is 34.7 Å². The Bertz CT molecular complexity index is 1070. The van der Waals surface area contributed by atoms with Crippen LogP contribution in [0.2, 0.25) is 0 Å². The first-order valence-corrected chi connectivity index (χ1v) is 9.77. The Morgan fingerprint density at radius 3 is 2.42 bits per heavy atom. The Balaban J connectivity index is 1.87. The van der Waals surface area contributed by atoms with Crippen molar-refractivity contribution in [2.24, 2.45) is 29.4 Å². The summed E-state index contributed by atoms with van der Waals surface area (Å²) >= 11 is 0. The van der Waals surface area contributed by atoms with E-state index in [9.17, 15) is 38.6 Å². The molecule has 0 aromatic heterocycles. The molecule has 9 nitrogen and oxygen atoms in total. The number of halogens is 1. The minimum Gasteiger partial charge on any atom is -0.507 e. The summed E-state index contributed by atoms with van der Waals surface area (Å²) < 4.78 is 13.8. The number of hydrogen-bond acceptors (Lipinski definition) is 8. The standard InChI is InChI=1S/C21H21FN2O7/c1-24(2)15-10-5-8-3-7-4-9(22)6-11(25)12(7)16(26)13(8)18(28)21(10,31)19(29)14(17(15)27)20(23)30/h4,6,8,10,13-15,25,31H,3,5H2,1-2H3,(H2,23,30)/t8-,10-,13?,14?,15-,21-/m0/s1. The lowest BCUT2D eigenvalue weighted by Gasteiger charge is -2.52. The van der Waals surface area contributed by atoms with Gasteiger partial charge in [0.1, 0.15) is 11.6 Å². The predicted octanol–water partition coefficient (Wildman–Crippen LogP) is -0.994. The highest BCUT2D eigenvalue weighted by Gasteiger charge is 2.69. The summed E-state index contributed by atoms with van der Waals surface area (Å²) in [4.78, 5) is 65.7. The van der Waals surface area contributed by atoms with Crippen LogP contribution in [0, 0.1) is 29.5 Å². The van der Waals surface area contributed by atoms with E-state index in [0.29, 0.717) is 0 Å². The second kappa shape index (κ2) is 6.76. The van der Waals surface area contributed by atoms with Crippen molar-refractivity contribution >= 4 is 29.0 Å². The summed E-state index contributed by atoms with van der Waals surface area (Å²) in [6.45, 7) is 0. The number of aliphatic hydroxyl groups is 1. The van der Waals surface area contributed by atoms with E-state index >= 15 is 0 Å². The lowest BCUT2D eigenvalue weighted by molar-refractivity contribution is -0.181. The molecule has 2 fully saturated rings. The molecular weight excluding hydrogens is 411 g/mol. The minimum atomic E-state index is -2.76. The quantitative estimate of drug-likeness (QED) is 0.503. The van der Waals surface area contributed by atoms with E-state index in [1.807, 2.05) is 0 Å². The van der Waals surface area contributed by atoms with E-state index < -0.39 is 75.9 Å². The normalized spacial score (nSPS) is 34.9. The first kappa shape index (κ1) is 21.3. The van der Waals surface area contributed by atoms with Crippen LogP contribution in [0.15, 0.2) is 12.1 Å². The molecule has 0 aliphatic heterocycles. The Hall–Kier alpha value is -2.98. The number of rotatable bonds is 2. The monoisotopic (exact) mass is 432 g/mol. The van der Waals surface area contributed by atoms with Gasteiger partial charge in [-0.05, 0) is 44.5 Å². The van der Waals surface area contributed by atoms with Crippen LogP contribution >= 0.6 is 0 Å². The highest BCUT2D eigenvalue weighted by Crippen LogP contribution is 2.50. The number of amides is 1. The van der Waals surface area contributed by atoms with E-state index in [1.165, 1.54) is 19.0 Å².